The highest BCUT2D eigenvalue weighted by Gasteiger charge is 2.14. The Kier molecular flexibility index (Phi) is 5.46. The molecule has 0 fully saturated rings. The number of benzene rings is 2. The van der Waals surface area contributed by atoms with Crippen molar-refractivity contribution in [1.29, 1.82) is 0 Å². The molecule has 0 radical (unpaired) electrons. The van der Waals surface area contributed by atoms with Gasteiger partial charge in [-0.3, -0.25) is 20.6 Å². The number of pyridine rings is 1. The van der Waals surface area contributed by atoms with Crippen LogP contribution < -0.4 is 16.6 Å². The van der Waals surface area contributed by atoms with Crippen molar-refractivity contribution in [3.05, 3.63) is 77.7 Å². The first-order valence-corrected chi connectivity index (χ1v) is 9.76. The van der Waals surface area contributed by atoms with E-state index in [1.807, 2.05) is 30.3 Å². The van der Waals surface area contributed by atoms with Crippen molar-refractivity contribution in [3.63, 3.8) is 0 Å². The summed E-state index contributed by atoms with van der Waals surface area (Å²) >= 11 is 7.43. The van der Waals surface area contributed by atoms with Gasteiger partial charge in [-0.25, -0.2) is 9.97 Å². The Labute approximate surface area is 175 Å². The van der Waals surface area contributed by atoms with Crippen molar-refractivity contribution in [3.8, 4) is 0 Å². The summed E-state index contributed by atoms with van der Waals surface area (Å²) in [7, 11) is 0. The van der Waals surface area contributed by atoms with Crippen molar-refractivity contribution < 1.29 is 4.79 Å². The predicted molar refractivity (Wildman–Crippen MR) is 115 cm³/mol. The molecule has 9 heteroatoms. The van der Waals surface area contributed by atoms with Gasteiger partial charge in [0.15, 0.2) is 5.82 Å². The summed E-state index contributed by atoms with van der Waals surface area (Å²) in [5, 5.41) is 1.92. The molecule has 29 heavy (non-hydrogen) atoms. The van der Waals surface area contributed by atoms with E-state index >= 15 is 0 Å². The number of anilines is 2. The monoisotopic (exact) mass is 422 g/mol. The van der Waals surface area contributed by atoms with Crippen molar-refractivity contribution >= 4 is 51.7 Å². The molecule has 0 spiro atoms. The minimum Gasteiger partial charge on any atom is -0.393 e. The Balaban J connectivity index is 1.55. The van der Waals surface area contributed by atoms with Crippen molar-refractivity contribution in [2.75, 3.05) is 11.2 Å². The number of nitrogen functional groups attached to an aromatic ring is 1. The minimum absolute atomic E-state index is 0.288. The number of aromatic nitrogens is 3. The molecule has 0 bridgehead atoms. The van der Waals surface area contributed by atoms with Crippen LogP contribution in [0.25, 0.3) is 10.9 Å². The van der Waals surface area contributed by atoms with Gasteiger partial charge in [-0.2, -0.15) is 0 Å². The molecule has 4 N–H and O–H groups in total. The number of amides is 1. The summed E-state index contributed by atoms with van der Waals surface area (Å²) in [6.07, 6.45) is 3.12. The Hall–Kier alpha value is -3.36. The summed E-state index contributed by atoms with van der Waals surface area (Å²) in [4.78, 5) is 26.0. The molecule has 0 saturated carbocycles. The molecule has 4 rings (SSSR count). The Morgan fingerprint density at radius 1 is 1.00 bits per heavy atom. The lowest BCUT2D eigenvalue weighted by Crippen LogP contribution is -2.30. The number of carbonyl (C=O) groups is 1. The van der Waals surface area contributed by atoms with Gasteiger partial charge in [0, 0.05) is 16.5 Å². The number of hydrazine groups is 1. The molecule has 1 amide bonds. The second kappa shape index (κ2) is 8.34. The number of hydrogen-bond acceptors (Lipinski definition) is 7. The molecular formula is C20H15ClN6OS. The lowest BCUT2D eigenvalue weighted by atomic mass is 10.2. The van der Waals surface area contributed by atoms with Gasteiger partial charge < -0.3 is 5.73 Å². The fourth-order valence-electron chi connectivity index (χ4n) is 2.65. The molecule has 0 aliphatic carbocycles. The Morgan fingerprint density at radius 3 is 2.69 bits per heavy atom. The average molecular weight is 423 g/mol. The third-order valence-corrected chi connectivity index (χ3v) is 5.46. The zero-order valence-corrected chi connectivity index (χ0v) is 16.5. The maximum absolute atomic E-state index is 12.3. The van der Waals surface area contributed by atoms with Gasteiger partial charge in [0.05, 0.1) is 16.1 Å². The largest absolute Gasteiger partial charge is 0.393 e. The number of fused-ring (bicyclic) bond motifs is 1. The Bertz CT molecular complexity index is 1200. The van der Waals surface area contributed by atoms with Gasteiger partial charge in [0.2, 0.25) is 0 Å². The number of nitrogens with one attached hydrogen (secondary N) is 2. The predicted octanol–water partition coefficient (Wildman–Crippen LogP) is 4.17. The van der Waals surface area contributed by atoms with E-state index in [9.17, 15) is 4.79 Å². The van der Waals surface area contributed by atoms with Crippen LogP contribution in [0, 0.1) is 0 Å². The quantitative estimate of drug-likeness (QED) is 0.327. The number of rotatable bonds is 5. The van der Waals surface area contributed by atoms with E-state index in [1.54, 1.807) is 30.5 Å². The van der Waals surface area contributed by atoms with Crippen molar-refractivity contribution in [1.82, 2.24) is 20.4 Å². The van der Waals surface area contributed by atoms with Gasteiger partial charge in [-0.1, -0.05) is 53.7 Å². The normalized spacial score (nSPS) is 10.7. The van der Waals surface area contributed by atoms with Crippen LogP contribution in [-0.2, 0) is 0 Å². The van der Waals surface area contributed by atoms with Gasteiger partial charge >= 0.3 is 0 Å². The van der Waals surface area contributed by atoms with E-state index in [-0.39, 0.29) is 5.82 Å². The molecule has 2 heterocycles. The van der Waals surface area contributed by atoms with Gasteiger partial charge in [0.1, 0.15) is 17.0 Å². The van der Waals surface area contributed by atoms with Crippen LogP contribution in [0.5, 0.6) is 0 Å². The molecule has 0 aliphatic rings. The lowest BCUT2D eigenvalue weighted by molar-refractivity contribution is 0.0962. The molecule has 0 saturated heterocycles. The van der Waals surface area contributed by atoms with E-state index in [0.29, 0.717) is 21.3 Å². The zero-order valence-electron chi connectivity index (χ0n) is 15.0. The summed E-state index contributed by atoms with van der Waals surface area (Å²) in [6, 6.07) is 16.5. The van der Waals surface area contributed by atoms with Crippen LogP contribution in [-0.4, -0.2) is 20.9 Å². The summed E-state index contributed by atoms with van der Waals surface area (Å²) in [6.45, 7) is 0. The number of nitrogens with zero attached hydrogens (tertiary/aromatic N) is 3. The van der Waals surface area contributed by atoms with E-state index in [1.165, 1.54) is 18.1 Å². The Morgan fingerprint density at radius 2 is 1.83 bits per heavy atom. The highest BCUT2D eigenvalue weighted by atomic mass is 35.5. The lowest BCUT2D eigenvalue weighted by Gasteiger charge is -2.12. The van der Waals surface area contributed by atoms with E-state index in [0.717, 1.165) is 15.8 Å². The second-order valence-electron chi connectivity index (χ2n) is 5.93. The van der Waals surface area contributed by atoms with E-state index in [4.69, 9.17) is 17.3 Å². The third kappa shape index (κ3) is 4.08. The first-order valence-electron chi connectivity index (χ1n) is 8.56. The molecule has 7 nitrogen and oxygen atoms in total. The fourth-order valence-corrected chi connectivity index (χ4v) is 3.80. The number of carbonyl (C=O) groups excluding carboxylic acids is 1. The molecule has 4 aromatic rings. The summed E-state index contributed by atoms with van der Waals surface area (Å²) < 4.78 is 0. The molecule has 0 unspecified atom stereocenters. The standard InChI is InChI=1S/C20H15ClN6OS/c21-14-8-2-1-7-13(14)19(28)27-26-18-16(22)20(25-11-24-18)29-15-9-3-5-12-6-4-10-23-17(12)15/h1-11H,22H2,(H,27,28)(H,24,25,26). The first kappa shape index (κ1) is 19.0. The number of hydrogen-bond donors (Lipinski definition) is 3. The third-order valence-electron chi connectivity index (χ3n) is 4.06. The molecule has 144 valence electrons. The topological polar surface area (TPSA) is 106 Å². The molecule has 0 aliphatic heterocycles. The molecular weight excluding hydrogens is 408 g/mol. The minimum atomic E-state index is -0.402. The van der Waals surface area contributed by atoms with Crippen molar-refractivity contribution in [2.45, 2.75) is 9.92 Å². The van der Waals surface area contributed by atoms with Crippen LogP contribution in [0.4, 0.5) is 11.5 Å². The molecule has 2 aromatic heterocycles. The maximum atomic E-state index is 12.3. The van der Waals surface area contributed by atoms with Crippen LogP contribution >= 0.6 is 23.4 Å². The van der Waals surface area contributed by atoms with Gasteiger partial charge in [-0.15, -0.1) is 0 Å². The highest BCUT2D eigenvalue weighted by Crippen LogP contribution is 2.35. The summed E-state index contributed by atoms with van der Waals surface area (Å²) in [5.74, 6) is -0.114. The maximum Gasteiger partial charge on any atom is 0.271 e. The second-order valence-corrected chi connectivity index (χ2v) is 7.37. The number of nitrogens with two attached hydrogens (primary N) is 1. The van der Waals surface area contributed by atoms with Crippen LogP contribution in [0.1, 0.15) is 10.4 Å². The smallest absolute Gasteiger partial charge is 0.271 e. The molecule has 2 aromatic carbocycles. The zero-order chi connectivity index (χ0) is 20.2. The van der Waals surface area contributed by atoms with E-state index in [2.05, 4.69) is 25.8 Å². The van der Waals surface area contributed by atoms with Crippen LogP contribution in [0.2, 0.25) is 5.02 Å². The summed E-state index contributed by atoms with van der Waals surface area (Å²) in [5.41, 5.74) is 13.0. The SMILES string of the molecule is Nc1c(NNC(=O)c2ccccc2Cl)ncnc1Sc1cccc2cccnc12. The fraction of sp³-hybridized carbons (Fsp3) is 0. The number of para-hydroxylation sites is 1. The number of halogens is 1. The van der Waals surface area contributed by atoms with Gasteiger partial charge in [-0.05, 0) is 24.3 Å². The van der Waals surface area contributed by atoms with Crippen LogP contribution in [0.15, 0.2) is 77.0 Å². The van der Waals surface area contributed by atoms with E-state index < -0.39 is 5.91 Å². The van der Waals surface area contributed by atoms with Gasteiger partial charge in [0.25, 0.3) is 5.91 Å². The first-order chi connectivity index (χ1) is 14.1. The highest BCUT2D eigenvalue weighted by molar-refractivity contribution is 7.99. The average Bonchev–Trinajstić information content (AvgIpc) is 2.75. The van der Waals surface area contributed by atoms with Crippen molar-refractivity contribution in [2.24, 2.45) is 0 Å². The molecule has 0 atom stereocenters. The van der Waals surface area contributed by atoms with Crippen LogP contribution in [0.3, 0.4) is 0 Å².